The Morgan fingerprint density at radius 2 is 0.904 bits per heavy atom. The molecule has 0 aliphatic rings. The van der Waals surface area contributed by atoms with E-state index in [1.807, 2.05) is 60.0 Å². The van der Waals surface area contributed by atoms with E-state index in [1.54, 1.807) is 80.6 Å². The number of benzene rings is 5. The quantitative estimate of drug-likeness (QED) is 0.109. The van der Waals surface area contributed by atoms with Crippen molar-refractivity contribution in [2.45, 2.75) is 27.7 Å². The van der Waals surface area contributed by atoms with Gasteiger partial charge in [0.25, 0.3) is 0 Å². The lowest BCUT2D eigenvalue weighted by Gasteiger charge is -2.07. The average Bonchev–Trinajstić information content (AvgIpc) is 3.72. The lowest BCUT2D eigenvalue weighted by Crippen LogP contribution is -2.04. The summed E-state index contributed by atoms with van der Waals surface area (Å²) in [5, 5.41) is 2.04. The van der Waals surface area contributed by atoms with Crippen LogP contribution in [0.1, 0.15) is 57.4 Å². The number of hydrogen-bond acceptors (Lipinski definition) is 7. The van der Waals surface area contributed by atoms with Gasteiger partial charge in [-0.2, -0.15) is 0 Å². The first-order valence-corrected chi connectivity index (χ1v) is 17.8. The van der Waals surface area contributed by atoms with E-state index >= 15 is 0 Å². The summed E-state index contributed by atoms with van der Waals surface area (Å²) < 4.78 is 27.6. The van der Waals surface area contributed by atoms with Crippen LogP contribution in [0.25, 0.3) is 32.7 Å². The van der Waals surface area contributed by atoms with Crippen LogP contribution in [0.3, 0.4) is 0 Å². The Morgan fingerprint density at radius 3 is 1.31 bits per heavy atom. The molecule has 52 heavy (non-hydrogen) atoms. The molecule has 0 N–H and O–H groups in total. The number of aryl methyl sites for hydroxylation is 1. The van der Waals surface area contributed by atoms with Gasteiger partial charge < -0.3 is 14.2 Å². The Hall–Kier alpha value is -5.86. The van der Waals surface area contributed by atoms with E-state index in [4.69, 9.17) is 14.2 Å². The number of thiophene rings is 1. The van der Waals surface area contributed by atoms with Gasteiger partial charge >= 0.3 is 17.9 Å². The van der Waals surface area contributed by atoms with E-state index in [-0.39, 0.29) is 23.7 Å². The number of halogens is 1. The summed E-state index contributed by atoms with van der Waals surface area (Å²) in [7, 11) is 0. The molecule has 0 aliphatic carbocycles. The minimum atomic E-state index is -0.330. The SMILES string of the molecule is CCOC(=O)c1ccc(-c2ccc(F)cc2)cc1.CCOC(=O)c1ccc(-c2ccccc2C)cc1.CCOC(=O)c1ccc(-c2cccs2)cc1. The highest BCUT2D eigenvalue weighted by Crippen LogP contribution is 2.25. The predicted molar refractivity (Wildman–Crippen MR) is 206 cm³/mol. The molecule has 1 aromatic heterocycles. The van der Waals surface area contributed by atoms with Gasteiger partial charge in [-0.05, 0) is 121 Å². The minimum Gasteiger partial charge on any atom is -0.462 e. The van der Waals surface area contributed by atoms with Crippen LogP contribution in [0.4, 0.5) is 4.39 Å². The fourth-order valence-corrected chi connectivity index (χ4v) is 5.71. The molecule has 0 radical (unpaired) electrons. The van der Waals surface area contributed by atoms with E-state index in [0.29, 0.717) is 36.5 Å². The summed E-state index contributed by atoms with van der Waals surface area (Å²) in [5.41, 5.74) is 8.20. The van der Waals surface area contributed by atoms with Gasteiger partial charge in [0.2, 0.25) is 0 Å². The number of carbonyl (C=O) groups excluding carboxylic acids is 3. The third kappa shape index (κ3) is 11.3. The maximum absolute atomic E-state index is 12.8. The number of esters is 3. The van der Waals surface area contributed by atoms with Gasteiger partial charge in [-0.25, -0.2) is 18.8 Å². The molecule has 6 aromatic rings. The van der Waals surface area contributed by atoms with E-state index in [0.717, 1.165) is 22.3 Å². The van der Waals surface area contributed by atoms with Crippen molar-refractivity contribution in [2.75, 3.05) is 19.8 Å². The molecule has 1 heterocycles. The van der Waals surface area contributed by atoms with Crippen LogP contribution in [0.5, 0.6) is 0 Å². The lowest BCUT2D eigenvalue weighted by molar-refractivity contribution is 0.0517. The molecule has 0 amide bonds. The van der Waals surface area contributed by atoms with Gasteiger partial charge in [0.1, 0.15) is 5.82 Å². The fourth-order valence-electron chi connectivity index (χ4n) is 4.98. The third-order valence-electron chi connectivity index (χ3n) is 7.63. The van der Waals surface area contributed by atoms with Gasteiger partial charge in [0.15, 0.2) is 0 Å². The van der Waals surface area contributed by atoms with Gasteiger partial charge in [0, 0.05) is 4.88 Å². The Balaban J connectivity index is 0.000000175. The van der Waals surface area contributed by atoms with E-state index in [1.165, 1.54) is 28.1 Å². The molecule has 5 aromatic carbocycles. The van der Waals surface area contributed by atoms with Crippen molar-refractivity contribution >= 4 is 29.2 Å². The fraction of sp³-hybridized carbons (Fsp3) is 0.159. The smallest absolute Gasteiger partial charge is 0.338 e. The van der Waals surface area contributed by atoms with Crippen LogP contribution < -0.4 is 0 Å². The third-order valence-corrected chi connectivity index (χ3v) is 8.55. The average molecular weight is 717 g/mol. The highest BCUT2D eigenvalue weighted by atomic mass is 32.1. The first-order valence-electron chi connectivity index (χ1n) is 16.9. The van der Waals surface area contributed by atoms with Crippen LogP contribution >= 0.6 is 11.3 Å². The van der Waals surface area contributed by atoms with Crippen molar-refractivity contribution in [3.63, 3.8) is 0 Å². The van der Waals surface area contributed by atoms with Crippen molar-refractivity contribution in [3.8, 4) is 32.7 Å². The largest absolute Gasteiger partial charge is 0.462 e. The molecule has 266 valence electrons. The zero-order valence-corrected chi connectivity index (χ0v) is 30.5. The minimum absolute atomic E-state index is 0.262. The van der Waals surface area contributed by atoms with Gasteiger partial charge in [-0.15, -0.1) is 11.3 Å². The topological polar surface area (TPSA) is 78.9 Å². The molecule has 0 unspecified atom stereocenters. The first kappa shape index (κ1) is 38.9. The highest BCUT2D eigenvalue weighted by Gasteiger charge is 2.09. The van der Waals surface area contributed by atoms with Gasteiger partial charge in [0.05, 0.1) is 36.5 Å². The van der Waals surface area contributed by atoms with Crippen LogP contribution in [-0.4, -0.2) is 37.7 Å². The molecule has 0 saturated carbocycles. The first-order chi connectivity index (χ1) is 25.2. The molecular weight excluding hydrogens is 676 g/mol. The Bertz CT molecular complexity index is 2000. The van der Waals surface area contributed by atoms with Crippen LogP contribution in [0.2, 0.25) is 0 Å². The zero-order chi connectivity index (χ0) is 37.3. The number of carbonyl (C=O) groups is 3. The second-order valence-electron chi connectivity index (χ2n) is 11.2. The maximum atomic E-state index is 12.8. The standard InChI is InChI=1S/C16H16O2.C15H13FO2.C13H12O2S/c1-3-18-16(17)14-10-8-13(9-11-14)15-7-5-4-6-12(15)2;1-2-18-15(17)13-5-3-11(4-6-13)12-7-9-14(16)10-8-12;1-2-15-13(14)11-7-5-10(6-8-11)12-4-3-9-16-12/h4-11H,3H2,1-2H3;3-10H,2H2,1H3;3-9H,2H2,1H3. The predicted octanol–water partition coefficient (Wildman–Crippen LogP) is 11.1. The second kappa shape index (κ2) is 20.1. The molecule has 0 aliphatic heterocycles. The Morgan fingerprint density at radius 1 is 0.500 bits per heavy atom. The van der Waals surface area contributed by atoms with Gasteiger partial charge in [-0.3, -0.25) is 0 Å². The van der Waals surface area contributed by atoms with Crippen molar-refractivity contribution in [3.05, 3.63) is 167 Å². The Kier molecular flexibility index (Phi) is 15.1. The van der Waals surface area contributed by atoms with Crippen LogP contribution in [0.15, 0.2) is 139 Å². The van der Waals surface area contributed by atoms with E-state index in [2.05, 4.69) is 25.1 Å². The normalized spacial score (nSPS) is 10.1. The van der Waals surface area contributed by atoms with Crippen molar-refractivity contribution in [1.82, 2.24) is 0 Å². The molecule has 6 nitrogen and oxygen atoms in total. The molecule has 0 bridgehead atoms. The molecule has 6 rings (SSSR count). The molecule has 0 fully saturated rings. The van der Waals surface area contributed by atoms with Crippen molar-refractivity contribution in [1.29, 1.82) is 0 Å². The van der Waals surface area contributed by atoms with Crippen molar-refractivity contribution < 1.29 is 33.0 Å². The maximum Gasteiger partial charge on any atom is 0.338 e. The molecule has 0 atom stereocenters. The van der Waals surface area contributed by atoms with Crippen molar-refractivity contribution in [2.24, 2.45) is 0 Å². The summed E-state index contributed by atoms with van der Waals surface area (Å²) in [6.45, 7) is 8.62. The number of rotatable bonds is 9. The van der Waals surface area contributed by atoms with E-state index in [9.17, 15) is 18.8 Å². The molecule has 8 heteroatoms. The summed E-state index contributed by atoms with van der Waals surface area (Å²) in [4.78, 5) is 35.6. The summed E-state index contributed by atoms with van der Waals surface area (Å²) in [6.07, 6.45) is 0. The van der Waals surface area contributed by atoms with Crippen LogP contribution in [0, 0.1) is 12.7 Å². The number of hydrogen-bond donors (Lipinski definition) is 0. The molecular formula is C44H41FO6S. The zero-order valence-electron chi connectivity index (χ0n) is 29.6. The summed E-state index contributed by atoms with van der Waals surface area (Å²) in [5.74, 6) is -1.13. The van der Waals surface area contributed by atoms with E-state index < -0.39 is 0 Å². The lowest BCUT2D eigenvalue weighted by atomic mass is 10.00. The number of ether oxygens (including phenoxy) is 3. The molecule has 0 saturated heterocycles. The second-order valence-corrected chi connectivity index (χ2v) is 12.1. The summed E-state index contributed by atoms with van der Waals surface area (Å²) >= 11 is 1.68. The molecule has 0 spiro atoms. The van der Waals surface area contributed by atoms with Crippen LogP contribution in [-0.2, 0) is 14.2 Å². The monoisotopic (exact) mass is 716 g/mol. The van der Waals surface area contributed by atoms with Gasteiger partial charge in [-0.1, -0.05) is 78.9 Å². The summed E-state index contributed by atoms with van der Waals surface area (Å²) in [6, 6.07) is 40.5. The Labute approximate surface area is 308 Å². The highest BCUT2D eigenvalue weighted by molar-refractivity contribution is 7.13.